The van der Waals surface area contributed by atoms with Crippen molar-refractivity contribution in [2.24, 2.45) is 0 Å². The molecule has 1 aromatic carbocycles. The topological polar surface area (TPSA) is 21.3 Å². The van der Waals surface area contributed by atoms with Gasteiger partial charge in [-0.3, -0.25) is 0 Å². The Bertz CT molecular complexity index is 418. The third-order valence-corrected chi connectivity index (χ3v) is 3.97. The number of allylic oxidation sites excluding steroid dienone is 1. The molecule has 0 saturated heterocycles. The highest BCUT2D eigenvalue weighted by Crippen LogP contribution is 2.35. The summed E-state index contributed by atoms with van der Waals surface area (Å²) >= 11 is 7.13. The first-order chi connectivity index (χ1) is 8.70. The van der Waals surface area contributed by atoms with Gasteiger partial charge in [0, 0.05) is 12.6 Å². The number of halogens is 2. The van der Waals surface area contributed by atoms with E-state index in [0.29, 0.717) is 6.61 Å². The van der Waals surface area contributed by atoms with Gasteiger partial charge < -0.3 is 10.1 Å². The van der Waals surface area contributed by atoms with Crippen molar-refractivity contribution in [2.75, 3.05) is 6.61 Å². The summed E-state index contributed by atoms with van der Waals surface area (Å²) in [5.74, 6) is 0.864. The first-order valence-corrected chi connectivity index (χ1v) is 7.74. The molecule has 1 N–H and O–H groups in total. The maximum atomic E-state index is 5.70. The standard InChI is InChI=1S/C14H17Br2NO/c1-2-3-6-18-14-12(15)7-10(8-13(14)16)9-17-11-4-5-11/h2-3,7-8,11,17H,4-6,9H2,1H3/b3-2+. The molecule has 0 unspecified atom stereocenters. The van der Waals surface area contributed by atoms with Gasteiger partial charge in [0.15, 0.2) is 0 Å². The van der Waals surface area contributed by atoms with Gasteiger partial charge in [-0.2, -0.15) is 0 Å². The highest BCUT2D eigenvalue weighted by molar-refractivity contribution is 9.11. The van der Waals surface area contributed by atoms with Crippen LogP contribution in [0.4, 0.5) is 0 Å². The largest absolute Gasteiger partial charge is 0.487 e. The summed E-state index contributed by atoms with van der Waals surface area (Å²) in [6, 6.07) is 4.96. The van der Waals surface area contributed by atoms with Crippen LogP contribution in [0.5, 0.6) is 5.75 Å². The van der Waals surface area contributed by atoms with Gasteiger partial charge in [0.1, 0.15) is 12.4 Å². The van der Waals surface area contributed by atoms with E-state index in [1.54, 1.807) is 0 Å². The molecule has 4 heteroatoms. The van der Waals surface area contributed by atoms with Gasteiger partial charge in [-0.15, -0.1) is 0 Å². The second-order valence-corrected chi connectivity index (χ2v) is 6.13. The van der Waals surface area contributed by atoms with Crippen molar-refractivity contribution in [3.05, 3.63) is 38.8 Å². The fraction of sp³-hybridized carbons (Fsp3) is 0.429. The van der Waals surface area contributed by atoms with Crippen LogP contribution < -0.4 is 10.1 Å². The Morgan fingerprint density at radius 3 is 2.56 bits per heavy atom. The Labute approximate surface area is 125 Å². The molecule has 0 bridgehead atoms. The Balaban J connectivity index is 2.01. The van der Waals surface area contributed by atoms with E-state index in [1.165, 1.54) is 18.4 Å². The Morgan fingerprint density at radius 2 is 2.00 bits per heavy atom. The molecular weight excluding hydrogens is 358 g/mol. The van der Waals surface area contributed by atoms with Crippen molar-refractivity contribution in [1.82, 2.24) is 5.32 Å². The Morgan fingerprint density at radius 1 is 1.33 bits per heavy atom. The predicted octanol–water partition coefficient (Wildman–Crippen LogP) is 4.42. The van der Waals surface area contributed by atoms with Gasteiger partial charge in [0.2, 0.25) is 0 Å². The van der Waals surface area contributed by atoms with E-state index < -0.39 is 0 Å². The summed E-state index contributed by atoms with van der Waals surface area (Å²) in [6.45, 7) is 3.49. The molecule has 1 aliphatic rings. The number of rotatable bonds is 6. The minimum absolute atomic E-state index is 0.591. The molecular formula is C14H17Br2NO. The zero-order valence-electron chi connectivity index (χ0n) is 10.4. The molecule has 0 radical (unpaired) electrons. The van der Waals surface area contributed by atoms with Crippen LogP contribution in [0.15, 0.2) is 33.2 Å². The molecule has 2 rings (SSSR count). The van der Waals surface area contributed by atoms with Gasteiger partial charge in [-0.05, 0) is 69.3 Å². The third-order valence-electron chi connectivity index (χ3n) is 2.79. The number of hydrogen-bond acceptors (Lipinski definition) is 2. The quantitative estimate of drug-likeness (QED) is 0.744. The monoisotopic (exact) mass is 373 g/mol. The van der Waals surface area contributed by atoms with Gasteiger partial charge >= 0.3 is 0 Å². The van der Waals surface area contributed by atoms with Crippen LogP contribution in [0, 0.1) is 0 Å². The number of ether oxygens (including phenoxy) is 1. The molecule has 0 heterocycles. The maximum absolute atomic E-state index is 5.70. The average molecular weight is 375 g/mol. The lowest BCUT2D eigenvalue weighted by molar-refractivity contribution is 0.358. The van der Waals surface area contributed by atoms with Crippen LogP contribution in [0.3, 0.4) is 0 Å². The molecule has 2 nitrogen and oxygen atoms in total. The summed E-state index contributed by atoms with van der Waals surface area (Å²) in [5.41, 5.74) is 1.26. The fourth-order valence-electron chi connectivity index (χ4n) is 1.63. The van der Waals surface area contributed by atoms with Crippen molar-refractivity contribution in [1.29, 1.82) is 0 Å². The lowest BCUT2D eigenvalue weighted by Gasteiger charge is -2.11. The van der Waals surface area contributed by atoms with E-state index in [9.17, 15) is 0 Å². The van der Waals surface area contributed by atoms with E-state index in [4.69, 9.17) is 4.74 Å². The van der Waals surface area contributed by atoms with Crippen LogP contribution in [0.1, 0.15) is 25.3 Å². The third kappa shape index (κ3) is 4.11. The fourth-order valence-corrected chi connectivity index (χ4v) is 3.14. The average Bonchev–Trinajstić information content (AvgIpc) is 3.14. The predicted molar refractivity (Wildman–Crippen MR) is 82.0 cm³/mol. The summed E-state index contributed by atoms with van der Waals surface area (Å²) in [4.78, 5) is 0. The summed E-state index contributed by atoms with van der Waals surface area (Å²) in [7, 11) is 0. The van der Waals surface area contributed by atoms with Crippen LogP contribution >= 0.6 is 31.9 Å². The SMILES string of the molecule is C/C=C/COc1c(Br)cc(CNC2CC2)cc1Br. The van der Waals surface area contributed by atoms with E-state index >= 15 is 0 Å². The van der Waals surface area contributed by atoms with Crippen LogP contribution in [-0.2, 0) is 6.54 Å². The molecule has 1 saturated carbocycles. The smallest absolute Gasteiger partial charge is 0.148 e. The van der Waals surface area contributed by atoms with E-state index in [1.807, 2.05) is 19.1 Å². The first kappa shape index (κ1) is 14.1. The highest BCUT2D eigenvalue weighted by Gasteiger charge is 2.20. The Kier molecular flexibility index (Phi) is 5.27. The molecule has 98 valence electrons. The van der Waals surface area contributed by atoms with Crippen molar-refractivity contribution < 1.29 is 4.74 Å². The number of benzene rings is 1. The van der Waals surface area contributed by atoms with Crippen molar-refractivity contribution in [2.45, 2.75) is 32.4 Å². The maximum Gasteiger partial charge on any atom is 0.148 e. The first-order valence-electron chi connectivity index (χ1n) is 6.16. The lowest BCUT2D eigenvalue weighted by atomic mass is 10.2. The zero-order chi connectivity index (χ0) is 13.0. The minimum Gasteiger partial charge on any atom is -0.487 e. The highest BCUT2D eigenvalue weighted by atomic mass is 79.9. The molecule has 0 aliphatic heterocycles. The minimum atomic E-state index is 0.591. The molecule has 1 fully saturated rings. The second kappa shape index (κ2) is 6.73. The van der Waals surface area contributed by atoms with Gasteiger partial charge in [-0.1, -0.05) is 12.2 Å². The molecule has 0 spiro atoms. The van der Waals surface area contributed by atoms with Gasteiger partial charge in [0.05, 0.1) is 8.95 Å². The lowest BCUT2D eigenvalue weighted by Crippen LogP contribution is -2.15. The molecule has 18 heavy (non-hydrogen) atoms. The Hall–Kier alpha value is -0.320. The summed E-state index contributed by atoms with van der Waals surface area (Å²) < 4.78 is 7.69. The normalized spacial score (nSPS) is 15.3. The molecule has 0 amide bonds. The zero-order valence-corrected chi connectivity index (χ0v) is 13.6. The van der Waals surface area contributed by atoms with E-state index in [-0.39, 0.29) is 0 Å². The van der Waals surface area contributed by atoms with Crippen LogP contribution in [0.2, 0.25) is 0 Å². The van der Waals surface area contributed by atoms with E-state index in [0.717, 1.165) is 27.3 Å². The van der Waals surface area contributed by atoms with Crippen LogP contribution in [0.25, 0.3) is 0 Å². The summed E-state index contributed by atoms with van der Waals surface area (Å²) in [5, 5.41) is 3.51. The number of nitrogens with one attached hydrogen (secondary N) is 1. The molecule has 0 aromatic heterocycles. The molecule has 1 aliphatic carbocycles. The second-order valence-electron chi connectivity index (χ2n) is 4.42. The van der Waals surface area contributed by atoms with Crippen molar-refractivity contribution in [3.8, 4) is 5.75 Å². The van der Waals surface area contributed by atoms with Crippen molar-refractivity contribution >= 4 is 31.9 Å². The van der Waals surface area contributed by atoms with E-state index in [2.05, 4.69) is 49.3 Å². The summed E-state index contributed by atoms with van der Waals surface area (Å²) in [6.07, 6.45) is 6.59. The van der Waals surface area contributed by atoms with Gasteiger partial charge in [-0.25, -0.2) is 0 Å². The van der Waals surface area contributed by atoms with Crippen molar-refractivity contribution in [3.63, 3.8) is 0 Å². The van der Waals surface area contributed by atoms with Crippen LogP contribution in [-0.4, -0.2) is 12.6 Å². The van der Waals surface area contributed by atoms with Gasteiger partial charge in [0.25, 0.3) is 0 Å². The number of hydrogen-bond donors (Lipinski definition) is 1. The molecule has 0 atom stereocenters. The molecule has 1 aromatic rings.